The van der Waals surface area contributed by atoms with Crippen LogP contribution in [0.2, 0.25) is 0 Å². The summed E-state index contributed by atoms with van der Waals surface area (Å²) in [6.45, 7) is 4.23. The van der Waals surface area contributed by atoms with E-state index in [9.17, 15) is 17.8 Å². The Kier molecular flexibility index (Phi) is 6.90. The van der Waals surface area contributed by atoms with Crippen LogP contribution in [0, 0.1) is 6.92 Å². The molecule has 0 fully saturated rings. The van der Waals surface area contributed by atoms with E-state index >= 15 is 0 Å². The zero-order valence-corrected chi connectivity index (χ0v) is 16.9. The smallest absolute Gasteiger partial charge is 0.411 e. The van der Waals surface area contributed by atoms with E-state index in [4.69, 9.17) is 4.74 Å². The molecule has 0 aliphatic heterocycles. The van der Waals surface area contributed by atoms with Crippen molar-refractivity contribution in [2.75, 3.05) is 19.0 Å². The van der Waals surface area contributed by atoms with Crippen molar-refractivity contribution >= 4 is 43.9 Å². The summed E-state index contributed by atoms with van der Waals surface area (Å²) in [7, 11) is -1.55. The minimum atomic E-state index is -4.41. The van der Waals surface area contributed by atoms with E-state index in [0.29, 0.717) is 6.61 Å². The van der Waals surface area contributed by atoms with Gasteiger partial charge in [0.15, 0.2) is 5.69 Å². The second kappa shape index (κ2) is 8.96. The number of carbonyl (C=O) groups excluding carboxylic acids is 1. The number of ether oxygens (including phenoxy) is 1. The number of aromatic nitrogens is 1. The maximum absolute atomic E-state index is 11.6. The Morgan fingerprint density at radius 1 is 1.14 bits per heavy atom. The van der Waals surface area contributed by atoms with Gasteiger partial charge in [-0.05, 0) is 25.1 Å². The van der Waals surface area contributed by atoms with Crippen LogP contribution in [0.1, 0.15) is 12.6 Å². The molecule has 1 aromatic heterocycles. The lowest BCUT2D eigenvalue weighted by atomic mass is 10.0. The fourth-order valence-corrected chi connectivity index (χ4v) is 2.80. The van der Waals surface area contributed by atoms with Crippen LogP contribution in [0.4, 0.5) is 10.5 Å². The van der Waals surface area contributed by atoms with Crippen LogP contribution >= 0.6 is 0 Å². The van der Waals surface area contributed by atoms with Crippen molar-refractivity contribution in [2.45, 2.75) is 13.8 Å². The molecule has 0 aliphatic carbocycles. The molecule has 28 heavy (non-hydrogen) atoms. The molecule has 0 saturated carbocycles. The summed E-state index contributed by atoms with van der Waals surface area (Å²) >= 11 is 0. The molecule has 0 atom stereocenters. The second-order valence-electron chi connectivity index (χ2n) is 5.84. The molecule has 1 N–H and O–H groups in total. The lowest BCUT2D eigenvalue weighted by Gasteiger charge is -2.09. The van der Waals surface area contributed by atoms with E-state index < -0.39 is 16.5 Å². The molecule has 1 amide bonds. The van der Waals surface area contributed by atoms with Gasteiger partial charge in [-0.1, -0.05) is 18.2 Å². The van der Waals surface area contributed by atoms with Gasteiger partial charge in [0, 0.05) is 24.1 Å². The average molecular weight is 406 g/mol. The van der Waals surface area contributed by atoms with E-state index in [-0.39, 0.29) is 0 Å². The van der Waals surface area contributed by atoms with Crippen molar-refractivity contribution in [3.8, 4) is 0 Å². The van der Waals surface area contributed by atoms with E-state index in [2.05, 4.69) is 40.2 Å². The number of rotatable bonds is 3. The Balaban J connectivity index is 0.000000409. The van der Waals surface area contributed by atoms with E-state index in [1.54, 1.807) is 6.92 Å². The summed E-state index contributed by atoms with van der Waals surface area (Å²) in [6.07, 6.45) is -0.426. The van der Waals surface area contributed by atoms with Crippen LogP contribution in [0.5, 0.6) is 0 Å². The Morgan fingerprint density at radius 2 is 1.79 bits per heavy atom. The number of fused-ring (bicyclic) bond motifs is 3. The van der Waals surface area contributed by atoms with Crippen molar-refractivity contribution < 1.29 is 31.3 Å². The number of aryl methyl sites for hydroxylation is 2. The average Bonchev–Trinajstić information content (AvgIpc) is 2.66. The molecule has 1 heterocycles. The molecule has 0 saturated heterocycles. The summed E-state index contributed by atoms with van der Waals surface area (Å²) < 4.78 is 38.1. The first-order valence-electron chi connectivity index (χ1n) is 8.44. The largest absolute Gasteiger partial charge is 0.726 e. The molecule has 0 aliphatic rings. The number of pyridine rings is 1. The molecular weight excluding hydrogens is 384 g/mol. The van der Waals surface area contributed by atoms with E-state index in [1.165, 1.54) is 16.3 Å². The third-order valence-corrected chi connectivity index (χ3v) is 4.60. The minimum absolute atomic E-state index is 0.359. The van der Waals surface area contributed by atoms with Gasteiger partial charge in [0.25, 0.3) is 0 Å². The molecule has 2 aromatic carbocycles. The van der Waals surface area contributed by atoms with Gasteiger partial charge in [-0.25, -0.2) is 13.2 Å². The van der Waals surface area contributed by atoms with E-state index in [0.717, 1.165) is 23.9 Å². The highest BCUT2D eigenvalue weighted by molar-refractivity contribution is 7.80. The fraction of sp³-hybridized carbons (Fsp3) is 0.263. The molecule has 3 rings (SSSR count). The summed E-state index contributed by atoms with van der Waals surface area (Å²) in [4.78, 5) is 11.6. The summed E-state index contributed by atoms with van der Waals surface area (Å²) in [5.74, 6) is 0. The zero-order chi connectivity index (χ0) is 20.9. The highest BCUT2D eigenvalue weighted by Gasteiger charge is 2.15. The van der Waals surface area contributed by atoms with Gasteiger partial charge in [-0.2, -0.15) is 4.57 Å². The van der Waals surface area contributed by atoms with Crippen LogP contribution in [0.15, 0.2) is 42.5 Å². The van der Waals surface area contributed by atoms with Crippen LogP contribution in [0.3, 0.4) is 0 Å². The van der Waals surface area contributed by atoms with Gasteiger partial charge in [-0.3, -0.25) is 9.50 Å². The molecule has 150 valence electrons. The minimum Gasteiger partial charge on any atom is -0.726 e. The second-order valence-corrected chi connectivity index (χ2v) is 6.99. The quantitative estimate of drug-likeness (QED) is 0.310. The molecule has 9 heteroatoms. The molecule has 0 unspecified atom stereocenters. The van der Waals surface area contributed by atoms with Crippen molar-refractivity contribution in [1.82, 2.24) is 0 Å². The monoisotopic (exact) mass is 406 g/mol. The lowest BCUT2D eigenvalue weighted by Crippen LogP contribution is -2.33. The van der Waals surface area contributed by atoms with Crippen LogP contribution in [-0.2, 0) is 26.4 Å². The normalized spacial score (nSPS) is 11.0. The summed E-state index contributed by atoms with van der Waals surface area (Å²) in [5, 5.41) is 6.26. The van der Waals surface area contributed by atoms with Gasteiger partial charge in [-0.15, -0.1) is 0 Å². The predicted molar refractivity (Wildman–Crippen MR) is 105 cm³/mol. The van der Waals surface area contributed by atoms with Gasteiger partial charge < -0.3 is 9.29 Å². The molecule has 8 nitrogen and oxygen atoms in total. The first kappa shape index (κ1) is 21.5. The van der Waals surface area contributed by atoms with Gasteiger partial charge in [0.1, 0.15) is 7.05 Å². The molecule has 0 bridgehead atoms. The first-order valence-corrected chi connectivity index (χ1v) is 9.77. The number of hydrogen-bond donors (Lipinski definition) is 1. The van der Waals surface area contributed by atoms with E-state index in [1.807, 2.05) is 30.3 Å². The number of amides is 1. The Bertz CT molecular complexity index is 1110. The van der Waals surface area contributed by atoms with Crippen molar-refractivity contribution in [3.63, 3.8) is 0 Å². The number of para-hydroxylation sites is 1. The van der Waals surface area contributed by atoms with Crippen molar-refractivity contribution in [2.24, 2.45) is 7.05 Å². The Hall–Kier alpha value is -2.75. The maximum Gasteiger partial charge on any atom is 0.411 e. The van der Waals surface area contributed by atoms with Gasteiger partial charge in [0.2, 0.25) is 15.9 Å². The number of nitrogens with one attached hydrogen (secondary N) is 1. The van der Waals surface area contributed by atoms with Crippen molar-refractivity contribution in [1.29, 1.82) is 0 Å². The highest BCUT2D eigenvalue weighted by Crippen LogP contribution is 2.27. The topological polar surface area (TPSA) is 109 Å². The zero-order valence-electron chi connectivity index (χ0n) is 16.1. The number of benzene rings is 2. The van der Waals surface area contributed by atoms with Crippen LogP contribution < -0.4 is 9.88 Å². The van der Waals surface area contributed by atoms with Crippen molar-refractivity contribution in [3.05, 3.63) is 48.2 Å². The standard InChI is InChI=1S/C18H18N2O2.CH4O4S/c1-4-22-18(21)19-13-9-10-14-15-7-5-6-8-17(15)20(3)12(2)16(14)11-13;1-5-6(2,3)4/h5-11H,4H2,1-3H3;1H3,(H,2,3,4). The number of nitrogens with zero attached hydrogens (tertiary/aromatic N) is 1. The number of carbonyl (C=O) groups is 1. The Labute approximate surface area is 163 Å². The lowest BCUT2D eigenvalue weighted by molar-refractivity contribution is -0.649. The van der Waals surface area contributed by atoms with Gasteiger partial charge in [0.05, 0.1) is 24.5 Å². The fourth-order valence-electron chi connectivity index (χ4n) is 2.80. The van der Waals surface area contributed by atoms with Crippen LogP contribution in [0.25, 0.3) is 21.7 Å². The number of anilines is 1. The molecule has 3 aromatic rings. The molecule has 0 radical (unpaired) electrons. The predicted octanol–water partition coefficient (Wildman–Crippen LogP) is 2.79. The molecule has 0 spiro atoms. The Morgan fingerprint density at radius 3 is 2.39 bits per heavy atom. The number of hydrogen-bond acceptors (Lipinski definition) is 6. The maximum atomic E-state index is 11.6. The van der Waals surface area contributed by atoms with Gasteiger partial charge >= 0.3 is 6.09 Å². The molecular formula is C19H22N2O6S. The highest BCUT2D eigenvalue weighted by atomic mass is 32.3. The SMILES string of the molecule is CCOC(=O)Nc1ccc2c(c1)c(C)[n+](C)c1ccccc21.COS(=O)(=O)[O-]. The third-order valence-electron chi connectivity index (χ3n) is 4.19. The first-order chi connectivity index (χ1) is 13.2. The summed E-state index contributed by atoms with van der Waals surface area (Å²) in [6, 6.07) is 14.3. The third kappa shape index (κ3) is 5.16. The van der Waals surface area contributed by atoms with Crippen LogP contribution in [-0.4, -0.2) is 32.8 Å². The summed E-state index contributed by atoms with van der Waals surface area (Å²) in [5.41, 5.74) is 3.09.